The van der Waals surface area contributed by atoms with E-state index in [9.17, 15) is 9.59 Å². The molecule has 40 heavy (non-hydrogen) atoms. The maximum absolute atomic E-state index is 14.4. The fraction of sp³-hybridized carbons (Fsp3) is 0.235. The molecular formula is C34H34N2O4. The first kappa shape index (κ1) is 27.0. The molecule has 0 saturated carbocycles. The van der Waals surface area contributed by atoms with Crippen molar-refractivity contribution in [2.75, 3.05) is 14.2 Å². The third-order valence-electron chi connectivity index (χ3n) is 7.30. The molecule has 1 aliphatic rings. The normalized spacial score (nSPS) is 13.8. The number of hydrogen-bond donors (Lipinski definition) is 1. The van der Waals surface area contributed by atoms with Gasteiger partial charge in [0.25, 0.3) is 0 Å². The molecule has 4 aromatic rings. The molecule has 6 nitrogen and oxygen atoms in total. The SMILES string of the molecule is COC1=C(c2c[nH]c3ccccc23)C(=O)C(OC)=C(c2c(CC=C(C)C)n(CC=C(C)C)c3ccccc23)C1=O. The first-order valence-corrected chi connectivity index (χ1v) is 13.4. The zero-order chi connectivity index (χ0) is 28.6. The van der Waals surface area contributed by atoms with Crippen LogP contribution in [0.5, 0.6) is 0 Å². The second kappa shape index (κ2) is 10.9. The van der Waals surface area contributed by atoms with Gasteiger partial charge in [0.05, 0.1) is 25.4 Å². The largest absolute Gasteiger partial charge is 0.492 e. The number of hydrogen-bond acceptors (Lipinski definition) is 4. The van der Waals surface area contributed by atoms with Gasteiger partial charge in [0.15, 0.2) is 11.5 Å². The number of rotatable bonds is 8. The number of para-hydroxylation sites is 2. The first-order valence-electron chi connectivity index (χ1n) is 13.4. The molecule has 0 aliphatic heterocycles. The van der Waals surface area contributed by atoms with Crippen LogP contribution in [0, 0.1) is 0 Å². The number of fused-ring (bicyclic) bond motifs is 2. The Morgan fingerprint density at radius 1 is 0.800 bits per heavy atom. The number of aromatic amines is 1. The van der Waals surface area contributed by atoms with Crippen LogP contribution < -0.4 is 0 Å². The Labute approximate surface area is 234 Å². The number of H-pyrrole nitrogens is 1. The zero-order valence-electron chi connectivity index (χ0n) is 23.8. The Hall–Kier alpha value is -4.58. The molecule has 0 saturated heterocycles. The Bertz CT molecular complexity index is 1780. The molecule has 0 bridgehead atoms. The molecule has 0 radical (unpaired) electrons. The van der Waals surface area contributed by atoms with Crippen molar-refractivity contribution in [3.8, 4) is 0 Å². The Morgan fingerprint density at radius 3 is 2.08 bits per heavy atom. The number of nitrogens with zero attached hydrogens (tertiary/aromatic N) is 1. The van der Waals surface area contributed by atoms with E-state index in [2.05, 4.69) is 55.5 Å². The standard InChI is InChI=1S/C34H34N2O4/c1-20(2)15-16-27-28(23-12-8-10-14-26(23)36(27)18-17-21(3)4)30-32(38)33(39-5)29(31(37)34(30)40-6)24-19-35-25-13-9-7-11-22(24)25/h7-15,17,19,35H,16,18H2,1-6H3. The van der Waals surface area contributed by atoms with Gasteiger partial charge in [-0.3, -0.25) is 9.59 Å². The number of aromatic nitrogens is 2. The molecule has 6 heteroatoms. The van der Waals surface area contributed by atoms with Gasteiger partial charge in [-0.25, -0.2) is 0 Å². The van der Waals surface area contributed by atoms with Crippen molar-refractivity contribution >= 4 is 44.5 Å². The highest BCUT2D eigenvalue weighted by molar-refractivity contribution is 6.48. The number of methoxy groups -OCH3 is 2. The monoisotopic (exact) mass is 534 g/mol. The number of carbonyl (C=O) groups is 2. The highest BCUT2D eigenvalue weighted by atomic mass is 16.5. The second-order valence-corrected chi connectivity index (χ2v) is 10.4. The molecule has 0 atom stereocenters. The topological polar surface area (TPSA) is 73.3 Å². The highest BCUT2D eigenvalue weighted by Gasteiger charge is 2.41. The Balaban J connectivity index is 1.81. The second-order valence-electron chi connectivity index (χ2n) is 10.4. The lowest BCUT2D eigenvalue weighted by molar-refractivity contribution is -0.117. The molecule has 1 N–H and O–H groups in total. The molecule has 0 fully saturated rings. The van der Waals surface area contributed by atoms with Crippen molar-refractivity contribution in [3.05, 3.63) is 106 Å². The summed E-state index contributed by atoms with van der Waals surface area (Å²) in [7, 11) is 2.89. The van der Waals surface area contributed by atoms with E-state index in [0.717, 1.165) is 33.1 Å². The summed E-state index contributed by atoms with van der Waals surface area (Å²) in [5.74, 6) is -0.717. The van der Waals surface area contributed by atoms with Gasteiger partial charge in [-0.05, 0) is 39.8 Å². The van der Waals surface area contributed by atoms with Crippen molar-refractivity contribution in [1.29, 1.82) is 0 Å². The van der Waals surface area contributed by atoms with Crippen LogP contribution in [0.4, 0.5) is 0 Å². The van der Waals surface area contributed by atoms with Gasteiger partial charge in [0.2, 0.25) is 11.6 Å². The molecule has 5 rings (SSSR count). The number of ether oxygens (including phenoxy) is 2. The minimum atomic E-state index is -0.381. The first-order chi connectivity index (χ1) is 19.3. The fourth-order valence-corrected chi connectivity index (χ4v) is 5.43. The van der Waals surface area contributed by atoms with Crippen molar-refractivity contribution in [2.45, 2.75) is 40.7 Å². The average molecular weight is 535 g/mol. The maximum atomic E-state index is 14.4. The van der Waals surface area contributed by atoms with Crippen LogP contribution >= 0.6 is 0 Å². The highest BCUT2D eigenvalue weighted by Crippen LogP contribution is 2.42. The molecule has 1 aliphatic carbocycles. The van der Waals surface area contributed by atoms with Crippen LogP contribution in [0.1, 0.15) is 44.5 Å². The minimum Gasteiger partial charge on any atom is -0.492 e. The molecule has 0 spiro atoms. The fourth-order valence-electron chi connectivity index (χ4n) is 5.43. The summed E-state index contributed by atoms with van der Waals surface area (Å²) < 4.78 is 13.7. The molecule has 0 amide bonds. The van der Waals surface area contributed by atoms with E-state index in [0.29, 0.717) is 24.1 Å². The zero-order valence-corrected chi connectivity index (χ0v) is 23.8. The summed E-state index contributed by atoms with van der Waals surface area (Å²) in [4.78, 5) is 31.8. The summed E-state index contributed by atoms with van der Waals surface area (Å²) in [5.41, 5.74) is 6.89. The molecule has 2 aromatic heterocycles. The van der Waals surface area contributed by atoms with Crippen LogP contribution in [0.15, 0.2) is 89.5 Å². The predicted octanol–water partition coefficient (Wildman–Crippen LogP) is 7.16. The van der Waals surface area contributed by atoms with Crippen molar-refractivity contribution in [3.63, 3.8) is 0 Å². The number of benzene rings is 2. The molecule has 0 unspecified atom stereocenters. The van der Waals surface area contributed by atoms with Gasteiger partial charge in [0, 0.05) is 57.8 Å². The van der Waals surface area contributed by atoms with Crippen LogP contribution in [0.3, 0.4) is 0 Å². The molecule has 2 aromatic carbocycles. The van der Waals surface area contributed by atoms with Gasteiger partial charge < -0.3 is 19.0 Å². The summed E-state index contributed by atoms with van der Waals surface area (Å²) in [6, 6.07) is 15.7. The van der Waals surface area contributed by atoms with Gasteiger partial charge >= 0.3 is 0 Å². The van der Waals surface area contributed by atoms with E-state index in [1.807, 2.05) is 42.5 Å². The van der Waals surface area contributed by atoms with Crippen LogP contribution in [-0.2, 0) is 32.0 Å². The maximum Gasteiger partial charge on any atom is 0.232 e. The van der Waals surface area contributed by atoms with Gasteiger partial charge in [-0.15, -0.1) is 0 Å². The van der Waals surface area contributed by atoms with E-state index < -0.39 is 0 Å². The molecule has 204 valence electrons. The van der Waals surface area contributed by atoms with Gasteiger partial charge in [-0.2, -0.15) is 0 Å². The molecule has 2 heterocycles. The van der Waals surface area contributed by atoms with E-state index in [1.165, 1.54) is 19.8 Å². The van der Waals surface area contributed by atoms with E-state index >= 15 is 0 Å². The number of ketones is 2. The van der Waals surface area contributed by atoms with Crippen molar-refractivity contribution in [2.24, 2.45) is 0 Å². The summed E-state index contributed by atoms with van der Waals surface area (Å²) in [6.45, 7) is 8.88. The summed E-state index contributed by atoms with van der Waals surface area (Å²) in [6.07, 6.45) is 6.64. The minimum absolute atomic E-state index is 0.0137. The Kier molecular flexibility index (Phi) is 7.35. The van der Waals surface area contributed by atoms with E-state index in [1.54, 1.807) is 6.20 Å². The van der Waals surface area contributed by atoms with Gasteiger partial charge in [0.1, 0.15) is 0 Å². The Morgan fingerprint density at radius 2 is 1.40 bits per heavy atom. The lowest BCUT2D eigenvalue weighted by atomic mass is 9.84. The van der Waals surface area contributed by atoms with Crippen LogP contribution in [0.2, 0.25) is 0 Å². The lowest BCUT2D eigenvalue weighted by Gasteiger charge is -2.23. The van der Waals surface area contributed by atoms with E-state index in [-0.39, 0.29) is 34.2 Å². The van der Waals surface area contributed by atoms with Crippen LogP contribution in [0.25, 0.3) is 33.0 Å². The number of Topliss-reactive ketones (excluding diaryl/α,β-unsaturated/α-hetero) is 2. The predicted molar refractivity (Wildman–Crippen MR) is 161 cm³/mol. The summed E-state index contributed by atoms with van der Waals surface area (Å²) in [5, 5.41) is 1.72. The molecular weight excluding hydrogens is 500 g/mol. The van der Waals surface area contributed by atoms with Crippen molar-refractivity contribution in [1.82, 2.24) is 9.55 Å². The number of allylic oxidation sites excluding steroid dienone is 6. The third kappa shape index (κ3) is 4.49. The van der Waals surface area contributed by atoms with E-state index in [4.69, 9.17) is 9.47 Å². The number of nitrogens with one attached hydrogen (secondary N) is 1. The smallest absolute Gasteiger partial charge is 0.232 e. The lowest BCUT2D eigenvalue weighted by Crippen LogP contribution is -2.25. The average Bonchev–Trinajstić information content (AvgIpc) is 3.50. The van der Waals surface area contributed by atoms with Crippen LogP contribution in [-0.4, -0.2) is 35.3 Å². The number of carbonyl (C=O) groups excluding carboxylic acids is 2. The van der Waals surface area contributed by atoms with Crippen molar-refractivity contribution < 1.29 is 19.1 Å². The third-order valence-corrected chi connectivity index (χ3v) is 7.30. The van der Waals surface area contributed by atoms with Gasteiger partial charge in [-0.1, -0.05) is 59.7 Å². The quantitative estimate of drug-likeness (QED) is 0.192. The summed E-state index contributed by atoms with van der Waals surface area (Å²) >= 11 is 0.